The minimum atomic E-state index is -5.07. The van der Waals surface area contributed by atoms with Crippen molar-refractivity contribution in [3.63, 3.8) is 0 Å². The normalized spacial score (nSPS) is 16.4. The first kappa shape index (κ1) is 29.9. The molecule has 4 aromatic rings. The maximum absolute atomic E-state index is 13.3. The number of ether oxygens (including phenoxy) is 2. The van der Waals surface area contributed by atoms with E-state index >= 15 is 0 Å². The van der Waals surface area contributed by atoms with Gasteiger partial charge in [0.2, 0.25) is 16.8 Å². The van der Waals surface area contributed by atoms with Gasteiger partial charge in [-0.2, -0.15) is 26.3 Å². The van der Waals surface area contributed by atoms with Crippen molar-refractivity contribution in [3.8, 4) is 34.1 Å². The van der Waals surface area contributed by atoms with Crippen LogP contribution in [0.4, 0.5) is 26.3 Å². The molecule has 0 unspecified atom stereocenters. The number of benzene rings is 2. The molecule has 0 spiro atoms. The lowest BCUT2D eigenvalue weighted by atomic mass is 9.97. The van der Waals surface area contributed by atoms with Crippen LogP contribution in [0.3, 0.4) is 0 Å². The van der Waals surface area contributed by atoms with Crippen molar-refractivity contribution in [1.29, 1.82) is 0 Å². The fraction of sp³-hybridized carbons (Fsp3) is 0.310. The number of hydrogen-bond acceptors (Lipinski definition) is 6. The summed E-state index contributed by atoms with van der Waals surface area (Å²) in [6, 6.07) is 11.7. The number of hydrogen-bond donors (Lipinski definition) is 1. The first-order valence-corrected chi connectivity index (χ1v) is 15.1. The minimum absolute atomic E-state index is 0.0110. The topological polar surface area (TPSA) is 97.4 Å². The molecular weight excluding hydrogens is 614 g/mol. The molecule has 8 nitrogen and oxygen atoms in total. The van der Waals surface area contributed by atoms with Crippen LogP contribution >= 0.6 is 0 Å². The van der Waals surface area contributed by atoms with Gasteiger partial charge in [-0.05, 0) is 66.9 Å². The maximum atomic E-state index is 13.3. The second kappa shape index (κ2) is 11.1. The molecule has 0 amide bonds. The number of pyridine rings is 1. The van der Waals surface area contributed by atoms with Gasteiger partial charge in [0.1, 0.15) is 5.82 Å². The largest absolute Gasteiger partial charge is 0.454 e. The minimum Gasteiger partial charge on any atom is -0.454 e. The summed E-state index contributed by atoms with van der Waals surface area (Å²) in [5.74, 6) is 0.585. The summed E-state index contributed by atoms with van der Waals surface area (Å²) in [5, 5.41) is 0. The lowest BCUT2D eigenvalue weighted by Gasteiger charge is -2.30. The Morgan fingerprint density at radius 3 is 2.20 bits per heavy atom. The summed E-state index contributed by atoms with van der Waals surface area (Å²) in [7, 11) is -4.23. The van der Waals surface area contributed by atoms with Crippen molar-refractivity contribution in [3.05, 3.63) is 83.3 Å². The molecule has 44 heavy (non-hydrogen) atoms. The first-order chi connectivity index (χ1) is 20.8. The molecule has 1 saturated heterocycles. The van der Waals surface area contributed by atoms with Gasteiger partial charge in [0, 0.05) is 30.8 Å². The van der Waals surface area contributed by atoms with E-state index in [-0.39, 0.29) is 31.9 Å². The Morgan fingerprint density at radius 2 is 1.57 bits per heavy atom. The number of halogens is 6. The van der Waals surface area contributed by atoms with E-state index in [1.54, 1.807) is 18.3 Å². The van der Waals surface area contributed by atoms with Crippen LogP contribution in [0.15, 0.2) is 60.8 Å². The summed E-state index contributed by atoms with van der Waals surface area (Å²) in [5.41, 5.74) is -1.06. The van der Waals surface area contributed by atoms with Gasteiger partial charge in [-0.3, -0.25) is 4.98 Å². The van der Waals surface area contributed by atoms with Crippen LogP contribution < -0.4 is 9.47 Å². The molecule has 2 aromatic carbocycles. The number of imidazole rings is 1. The molecule has 0 aliphatic carbocycles. The number of aromatic nitrogens is 3. The van der Waals surface area contributed by atoms with Gasteiger partial charge in [-0.15, -0.1) is 0 Å². The van der Waals surface area contributed by atoms with Crippen molar-refractivity contribution in [2.75, 3.05) is 19.9 Å². The zero-order valence-corrected chi connectivity index (χ0v) is 23.6. The van der Waals surface area contributed by atoms with Crippen LogP contribution in [0, 0.1) is 0 Å². The summed E-state index contributed by atoms with van der Waals surface area (Å²) in [6.45, 7) is 0.130. The molecule has 6 rings (SSSR count). The third-order valence-corrected chi connectivity index (χ3v) is 9.37. The molecule has 1 fully saturated rings. The van der Waals surface area contributed by atoms with E-state index in [9.17, 15) is 34.8 Å². The number of alkyl halides is 6. The molecule has 232 valence electrons. The van der Waals surface area contributed by atoms with Crippen molar-refractivity contribution < 1.29 is 44.2 Å². The van der Waals surface area contributed by atoms with Crippen molar-refractivity contribution >= 4 is 10.0 Å². The number of sulfonamides is 1. The highest BCUT2D eigenvalue weighted by atomic mass is 32.2. The van der Waals surface area contributed by atoms with Crippen LogP contribution in [-0.4, -0.2) is 47.6 Å². The van der Waals surface area contributed by atoms with Crippen molar-refractivity contribution in [2.24, 2.45) is 0 Å². The maximum Gasteiger partial charge on any atom is 0.416 e. The number of H-pyrrole nitrogens is 1. The van der Waals surface area contributed by atoms with E-state index < -0.39 is 44.8 Å². The van der Waals surface area contributed by atoms with E-state index in [2.05, 4.69) is 9.97 Å². The zero-order chi connectivity index (χ0) is 31.3. The van der Waals surface area contributed by atoms with E-state index in [4.69, 9.17) is 14.5 Å². The Labute approximate surface area is 247 Å². The van der Waals surface area contributed by atoms with Gasteiger partial charge >= 0.3 is 12.4 Å². The van der Waals surface area contributed by atoms with Gasteiger partial charge in [0.05, 0.1) is 34.0 Å². The third-order valence-electron chi connectivity index (χ3n) is 7.52. The number of piperidine rings is 1. The lowest BCUT2D eigenvalue weighted by Crippen LogP contribution is -2.38. The molecule has 0 atom stereocenters. The average molecular weight is 639 g/mol. The summed E-state index contributed by atoms with van der Waals surface area (Å²) >= 11 is 0. The molecule has 0 saturated carbocycles. The fourth-order valence-electron chi connectivity index (χ4n) is 5.35. The van der Waals surface area contributed by atoms with Crippen LogP contribution in [0.1, 0.15) is 41.3 Å². The zero-order valence-electron chi connectivity index (χ0n) is 22.7. The SMILES string of the molecule is O=S(=O)(Cc1cc(C(F)(F)F)cc(C(F)(F)F)c1)N1CCC(c2nc(-c3ccc4c(c3)OCO4)c(-c3ccccn3)[nH]2)CC1. The van der Waals surface area contributed by atoms with Gasteiger partial charge < -0.3 is 14.5 Å². The molecular formula is C29H24F6N4O4S. The quantitative estimate of drug-likeness (QED) is 0.239. The second-order valence-corrected chi connectivity index (χ2v) is 12.4. The van der Waals surface area contributed by atoms with Crippen LogP contribution in [0.5, 0.6) is 11.5 Å². The Kier molecular flexibility index (Phi) is 7.56. The van der Waals surface area contributed by atoms with E-state index in [1.165, 1.54) is 0 Å². The number of nitrogens with zero attached hydrogens (tertiary/aromatic N) is 3. The van der Waals surface area contributed by atoms with Crippen LogP contribution in [-0.2, 0) is 28.1 Å². The smallest absolute Gasteiger partial charge is 0.416 e. The Bertz CT molecular complexity index is 1750. The van der Waals surface area contributed by atoms with Crippen molar-refractivity contribution in [1.82, 2.24) is 19.3 Å². The molecule has 4 heterocycles. The highest BCUT2D eigenvalue weighted by molar-refractivity contribution is 7.88. The lowest BCUT2D eigenvalue weighted by molar-refractivity contribution is -0.143. The molecule has 1 N–H and O–H groups in total. The van der Waals surface area contributed by atoms with Gasteiger partial charge in [-0.1, -0.05) is 6.07 Å². The molecule has 2 aliphatic rings. The Balaban J connectivity index is 1.22. The third kappa shape index (κ3) is 6.11. The highest BCUT2D eigenvalue weighted by Gasteiger charge is 2.38. The van der Waals surface area contributed by atoms with E-state index in [1.807, 2.05) is 24.3 Å². The van der Waals surface area contributed by atoms with Crippen LogP contribution in [0.25, 0.3) is 22.6 Å². The Hall–Kier alpha value is -4.11. The first-order valence-electron chi connectivity index (χ1n) is 13.5. The molecule has 0 radical (unpaired) electrons. The average Bonchev–Trinajstić information content (AvgIpc) is 3.64. The second-order valence-electron chi connectivity index (χ2n) is 10.5. The molecule has 15 heteroatoms. The number of rotatable bonds is 6. The monoisotopic (exact) mass is 638 g/mol. The van der Waals surface area contributed by atoms with E-state index in [0.717, 1.165) is 9.87 Å². The number of aromatic amines is 1. The highest BCUT2D eigenvalue weighted by Crippen LogP contribution is 2.40. The molecule has 0 bridgehead atoms. The fourth-order valence-corrected chi connectivity index (χ4v) is 6.88. The number of nitrogens with one attached hydrogen (secondary N) is 1. The summed E-state index contributed by atoms with van der Waals surface area (Å²) < 4.78 is 118. The molecule has 2 aromatic heterocycles. The summed E-state index contributed by atoms with van der Waals surface area (Å²) in [6.07, 6.45) is -7.86. The Morgan fingerprint density at radius 1 is 0.886 bits per heavy atom. The van der Waals surface area contributed by atoms with Gasteiger partial charge in [0.25, 0.3) is 0 Å². The van der Waals surface area contributed by atoms with Gasteiger partial charge in [-0.25, -0.2) is 17.7 Å². The van der Waals surface area contributed by atoms with Crippen molar-refractivity contribution in [2.45, 2.75) is 36.9 Å². The van der Waals surface area contributed by atoms with E-state index in [0.29, 0.717) is 59.4 Å². The molecule has 2 aliphatic heterocycles. The summed E-state index contributed by atoms with van der Waals surface area (Å²) in [4.78, 5) is 12.6. The predicted molar refractivity (Wildman–Crippen MR) is 146 cm³/mol. The van der Waals surface area contributed by atoms with Crippen LogP contribution in [0.2, 0.25) is 0 Å². The number of fused-ring (bicyclic) bond motifs is 1. The van der Waals surface area contributed by atoms with Gasteiger partial charge in [0.15, 0.2) is 11.5 Å². The predicted octanol–water partition coefficient (Wildman–Crippen LogP) is 6.61. The standard InChI is InChI=1S/C29H24F6N4O4S/c30-28(31,32)20-11-17(12-21(14-20)29(33,34)35)15-44(40,41)39-9-6-18(7-10-39)27-37-25(26(38-27)22-3-1-2-8-36-22)19-4-5-23-24(13-19)43-16-42-23/h1-5,8,11-14,18H,6-7,9-10,15-16H2,(H,37,38).